The number of tetrazole rings is 1. The third kappa shape index (κ3) is 7.91. The number of nitrogens with zero attached hydrogens (tertiary/aromatic N) is 5. The third-order valence-electron chi connectivity index (χ3n) is 6.51. The van der Waals surface area contributed by atoms with Crippen LogP contribution in [0.2, 0.25) is 10.2 Å². The highest BCUT2D eigenvalue weighted by atomic mass is 35.5. The van der Waals surface area contributed by atoms with Crippen LogP contribution in [-0.2, 0) is 17.7 Å². The molecule has 3 aromatic carbocycles. The number of nitrogens with one attached hydrogen (secondary N) is 4. The first kappa shape index (κ1) is 30.5. The van der Waals surface area contributed by atoms with Crippen LogP contribution in [0, 0.1) is 0 Å². The Morgan fingerprint density at radius 3 is 2.57 bits per heavy atom. The van der Waals surface area contributed by atoms with Crippen molar-refractivity contribution in [2.24, 2.45) is 0 Å². The zero-order valence-electron chi connectivity index (χ0n) is 23.6. The topological polar surface area (TPSA) is 152 Å². The Hall–Kier alpha value is -4.94. The van der Waals surface area contributed by atoms with E-state index in [2.05, 4.69) is 36.5 Å². The van der Waals surface area contributed by atoms with Crippen LogP contribution in [0.1, 0.15) is 36.3 Å². The van der Waals surface area contributed by atoms with Gasteiger partial charge in [-0.2, -0.15) is 0 Å². The van der Waals surface area contributed by atoms with Crippen LogP contribution in [0.5, 0.6) is 0 Å². The molecule has 226 valence electrons. The number of ether oxygens (including phenoxy) is 1. The number of halogens is 2. The smallest absolute Gasteiger partial charge is 0.411 e. The van der Waals surface area contributed by atoms with Crippen LogP contribution < -0.4 is 16.0 Å². The van der Waals surface area contributed by atoms with Gasteiger partial charge >= 0.3 is 12.1 Å². The molecule has 0 bridgehead atoms. The van der Waals surface area contributed by atoms with E-state index < -0.39 is 18.2 Å². The number of urea groups is 1. The van der Waals surface area contributed by atoms with Crippen molar-refractivity contribution in [1.82, 2.24) is 40.8 Å². The van der Waals surface area contributed by atoms with Gasteiger partial charge in [0.05, 0.1) is 18.3 Å². The summed E-state index contributed by atoms with van der Waals surface area (Å²) in [6.45, 7) is 2.43. The van der Waals surface area contributed by atoms with Crippen molar-refractivity contribution in [2.45, 2.75) is 32.4 Å². The second-order valence-electron chi connectivity index (χ2n) is 9.72. The van der Waals surface area contributed by atoms with Crippen molar-refractivity contribution >= 4 is 41.0 Å². The number of imidazole rings is 1. The Morgan fingerprint density at radius 2 is 1.84 bits per heavy atom. The van der Waals surface area contributed by atoms with Gasteiger partial charge in [-0.15, -0.1) is 5.10 Å². The summed E-state index contributed by atoms with van der Waals surface area (Å²) in [5.41, 5.74) is 4.20. The number of aromatic nitrogens is 6. The van der Waals surface area contributed by atoms with Gasteiger partial charge in [0, 0.05) is 22.8 Å². The van der Waals surface area contributed by atoms with E-state index in [1.807, 2.05) is 37.3 Å². The number of rotatable bonds is 11. The molecule has 0 saturated heterocycles. The van der Waals surface area contributed by atoms with Crippen molar-refractivity contribution in [1.29, 1.82) is 0 Å². The van der Waals surface area contributed by atoms with Crippen LogP contribution in [0.3, 0.4) is 0 Å². The number of hydrogen-bond acceptors (Lipinski definition) is 7. The monoisotopic (exact) mass is 633 g/mol. The average molecular weight is 635 g/mol. The van der Waals surface area contributed by atoms with Crippen LogP contribution >= 0.6 is 23.2 Å². The lowest BCUT2D eigenvalue weighted by atomic mass is 10.1. The number of anilines is 1. The van der Waals surface area contributed by atoms with E-state index in [0.29, 0.717) is 46.1 Å². The maximum atomic E-state index is 13.2. The van der Waals surface area contributed by atoms with E-state index in [4.69, 9.17) is 32.9 Å². The summed E-state index contributed by atoms with van der Waals surface area (Å²) >= 11 is 12.8. The Bertz CT molecular complexity index is 1700. The molecule has 0 aliphatic rings. The largest absolute Gasteiger partial charge is 0.449 e. The SMILES string of the molecule is CCCOC(=O)Nc1ccc(-c2nc([C@H](Cc3ccccc3)NC(=O)NCc3cc(Cl)ccc3-n3cnnn3)[nH]c2Cl)cc1. The molecule has 4 N–H and O–H groups in total. The molecule has 0 saturated carbocycles. The molecule has 1 atom stereocenters. The Kier molecular flexibility index (Phi) is 10.1. The number of H-pyrrole nitrogens is 1. The fourth-order valence-electron chi connectivity index (χ4n) is 4.43. The molecule has 0 aliphatic carbocycles. The van der Waals surface area contributed by atoms with Crippen LogP contribution in [0.25, 0.3) is 16.9 Å². The van der Waals surface area contributed by atoms with Gasteiger partial charge in [0.1, 0.15) is 23.0 Å². The third-order valence-corrected chi connectivity index (χ3v) is 7.02. The van der Waals surface area contributed by atoms with E-state index in [-0.39, 0.29) is 6.54 Å². The number of carbonyl (C=O) groups excluding carboxylic acids is 2. The van der Waals surface area contributed by atoms with Gasteiger partial charge in [-0.3, -0.25) is 5.32 Å². The quantitative estimate of drug-likeness (QED) is 0.137. The van der Waals surface area contributed by atoms with Gasteiger partial charge in [0.15, 0.2) is 0 Å². The molecule has 0 aliphatic heterocycles. The number of benzene rings is 3. The highest BCUT2D eigenvalue weighted by molar-refractivity contribution is 6.32. The summed E-state index contributed by atoms with van der Waals surface area (Å²) in [6.07, 6.45) is 2.13. The van der Waals surface area contributed by atoms with E-state index in [1.54, 1.807) is 42.5 Å². The maximum Gasteiger partial charge on any atom is 0.411 e. The first-order valence-electron chi connectivity index (χ1n) is 13.8. The molecule has 5 aromatic rings. The molecule has 3 amide bonds. The summed E-state index contributed by atoms with van der Waals surface area (Å²) in [5, 5.41) is 20.7. The molecular formula is C30H29Cl2N9O3. The van der Waals surface area contributed by atoms with Crippen molar-refractivity contribution in [2.75, 3.05) is 11.9 Å². The molecule has 14 heteroatoms. The molecule has 2 aromatic heterocycles. The highest BCUT2D eigenvalue weighted by Crippen LogP contribution is 2.29. The number of hydrogen-bond donors (Lipinski definition) is 4. The first-order valence-corrected chi connectivity index (χ1v) is 14.5. The number of carbonyl (C=O) groups is 2. The molecular weight excluding hydrogens is 605 g/mol. The molecule has 0 radical (unpaired) electrons. The average Bonchev–Trinajstić information content (AvgIpc) is 3.70. The van der Waals surface area contributed by atoms with E-state index in [1.165, 1.54) is 11.0 Å². The Balaban J connectivity index is 1.32. The standard InChI is InChI=1S/C30H29Cl2N9O3/c1-2-14-44-30(43)35-23-11-8-20(9-12-23)26-27(32)38-28(37-26)24(15-19-6-4-3-5-7-19)36-29(42)33-17-21-16-22(31)10-13-25(21)41-18-34-39-40-41/h3-13,16,18,24H,2,14-15,17H2,1H3,(H,35,43)(H,37,38)(H2,33,36,42)/t24-/m0/s1. The van der Waals surface area contributed by atoms with E-state index in [0.717, 1.165) is 23.1 Å². The van der Waals surface area contributed by atoms with Gasteiger partial charge in [0.2, 0.25) is 0 Å². The van der Waals surface area contributed by atoms with Crippen molar-refractivity contribution in [3.8, 4) is 16.9 Å². The molecule has 0 spiro atoms. The van der Waals surface area contributed by atoms with Crippen molar-refractivity contribution < 1.29 is 14.3 Å². The molecule has 2 heterocycles. The minimum Gasteiger partial charge on any atom is -0.449 e. The van der Waals surface area contributed by atoms with Gasteiger partial charge in [-0.1, -0.05) is 72.6 Å². The zero-order chi connectivity index (χ0) is 30.9. The fourth-order valence-corrected chi connectivity index (χ4v) is 4.87. The molecule has 5 rings (SSSR count). The van der Waals surface area contributed by atoms with Crippen LogP contribution in [0.4, 0.5) is 15.3 Å². The summed E-state index contributed by atoms with van der Waals surface area (Å²) in [5.74, 6) is 0.478. The van der Waals surface area contributed by atoms with Gasteiger partial charge in [-0.05, 0) is 64.7 Å². The maximum absolute atomic E-state index is 13.2. The first-order chi connectivity index (χ1) is 21.4. The van der Waals surface area contributed by atoms with Crippen LogP contribution in [-0.4, -0.2) is 48.9 Å². The second-order valence-corrected chi connectivity index (χ2v) is 10.5. The number of aromatic amines is 1. The number of amides is 3. The minimum atomic E-state index is -0.545. The minimum absolute atomic E-state index is 0.163. The predicted octanol–water partition coefficient (Wildman–Crippen LogP) is 6.10. The van der Waals surface area contributed by atoms with Crippen LogP contribution in [0.15, 0.2) is 79.1 Å². The second kappa shape index (κ2) is 14.5. The van der Waals surface area contributed by atoms with E-state index in [9.17, 15) is 9.59 Å². The van der Waals surface area contributed by atoms with E-state index >= 15 is 0 Å². The summed E-state index contributed by atoms with van der Waals surface area (Å²) in [7, 11) is 0. The predicted molar refractivity (Wildman–Crippen MR) is 167 cm³/mol. The lowest BCUT2D eigenvalue weighted by Gasteiger charge is -2.18. The molecule has 0 fully saturated rings. The summed E-state index contributed by atoms with van der Waals surface area (Å²) < 4.78 is 6.56. The Morgan fingerprint density at radius 1 is 1.05 bits per heavy atom. The normalized spacial score (nSPS) is 11.5. The van der Waals surface area contributed by atoms with Crippen molar-refractivity contribution in [3.05, 3.63) is 106 Å². The highest BCUT2D eigenvalue weighted by Gasteiger charge is 2.22. The van der Waals surface area contributed by atoms with Gasteiger partial charge in [0.25, 0.3) is 0 Å². The van der Waals surface area contributed by atoms with Gasteiger partial charge in [-0.25, -0.2) is 19.3 Å². The lowest BCUT2D eigenvalue weighted by Crippen LogP contribution is -2.39. The lowest BCUT2D eigenvalue weighted by molar-refractivity contribution is 0.161. The fraction of sp³-hybridized carbons (Fsp3) is 0.200. The molecule has 0 unspecified atom stereocenters. The Labute approximate surface area is 263 Å². The summed E-state index contributed by atoms with van der Waals surface area (Å²) in [4.78, 5) is 33.0. The summed E-state index contributed by atoms with van der Waals surface area (Å²) in [6, 6.07) is 21.1. The molecule has 44 heavy (non-hydrogen) atoms. The zero-order valence-corrected chi connectivity index (χ0v) is 25.1. The van der Waals surface area contributed by atoms with Gasteiger partial charge < -0.3 is 20.4 Å². The van der Waals surface area contributed by atoms with Crippen molar-refractivity contribution in [3.63, 3.8) is 0 Å². The molecule has 12 nitrogen and oxygen atoms in total.